The molecule has 0 spiro atoms. The molecule has 0 saturated heterocycles. The van der Waals surface area contributed by atoms with Gasteiger partial charge in [0.05, 0.1) is 11.1 Å². The van der Waals surface area contributed by atoms with Crippen LogP contribution in [-0.4, -0.2) is 28.9 Å². The third kappa shape index (κ3) is 4.31. The molecular formula is C38H51FO5. The Morgan fingerprint density at radius 2 is 1.57 bits per heavy atom. The lowest BCUT2D eigenvalue weighted by molar-refractivity contribution is -0.202. The van der Waals surface area contributed by atoms with Gasteiger partial charge in [-0.2, -0.15) is 0 Å². The van der Waals surface area contributed by atoms with E-state index in [0.717, 1.165) is 44.2 Å². The van der Waals surface area contributed by atoms with Crippen LogP contribution in [0.2, 0.25) is 0 Å². The van der Waals surface area contributed by atoms with Crippen molar-refractivity contribution in [3.05, 3.63) is 46.8 Å². The van der Waals surface area contributed by atoms with Gasteiger partial charge in [0.2, 0.25) is 0 Å². The lowest BCUT2D eigenvalue weighted by Gasteiger charge is -2.70. The number of carboxylic acids is 1. The van der Waals surface area contributed by atoms with Crippen LogP contribution in [0.5, 0.6) is 0 Å². The number of benzene rings is 1. The quantitative estimate of drug-likeness (QED) is 0.347. The summed E-state index contributed by atoms with van der Waals surface area (Å²) in [6.07, 6.45) is 10.9. The Labute approximate surface area is 262 Å². The summed E-state index contributed by atoms with van der Waals surface area (Å²) >= 11 is 0. The molecule has 0 aromatic heterocycles. The molecule has 1 N–H and O–H groups in total. The van der Waals surface area contributed by atoms with Crippen molar-refractivity contribution in [3.63, 3.8) is 0 Å². The third-order valence-corrected chi connectivity index (χ3v) is 14.4. The fraction of sp³-hybridized carbons (Fsp3) is 0.711. The number of ketones is 1. The van der Waals surface area contributed by atoms with Crippen LogP contribution in [0, 0.1) is 56.1 Å². The molecule has 1 aromatic rings. The first-order valence-corrected chi connectivity index (χ1v) is 16.8. The summed E-state index contributed by atoms with van der Waals surface area (Å²) < 4.78 is 19.9. The number of aromatic carboxylic acids is 1. The second kappa shape index (κ2) is 9.75. The number of hydrogen-bond acceptors (Lipinski definition) is 4. The number of ether oxygens (including phenoxy) is 1. The normalized spacial score (nSPS) is 42.1. The number of rotatable bonds is 3. The SMILES string of the molecule is CC1(C)CC[C@]2(C)CCC3(C)C(=CC(=O)C4[C@@]5(C)CC[C@H](OC(=O)c6ccc(F)cc6C(=O)O)C(C)(C)C5CC[C@]43C)[C@@H]2C1. The predicted molar refractivity (Wildman–Crippen MR) is 168 cm³/mol. The predicted octanol–water partition coefficient (Wildman–Crippen LogP) is 9.05. The Hall–Kier alpha value is -2.50. The van der Waals surface area contributed by atoms with Gasteiger partial charge in [-0.1, -0.05) is 61.0 Å². The largest absolute Gasteiger partial charge is 0.478 e. The van der Waals surface area contributed by atoms with E-state index < -0.39 is 34.8 Å². The van der Waals surface area contributed by atoms with Crippen LogP contribution in [-0.2, 0) is 9.53 Å². The average Bonchev–Trinajstić information content (AvgIpc) is 2.92. The minimum Gasteiger partial charge on any atom is -0.478 e. The number of halogens is 1. The molecule has 5 aliphatic carbocycles. The highest BCUT2D eigenvalue weighted by Gasteiger charge is 2.70. The number of fused-ring (bicyclic) bond motifs is 7. The van der Waals surface area contributed by atoms with E-state index in [1.807, 2.05) is 0 Å². The Balaban J connectivity index is 1.32. The highest BCUT2D eigenvalue weighted by molar-refractivity contribution is 6.02. The average molecular weight is 607 g/mol. The van der Waals surface area contributed by atoms with Crippen LogP contribution >= 0.6 is 0 Å². The first-order valence-electron chi connectivity index (χ1n) is 16.8. The first kappa shape index (κ1) is 31.5. The standard InChI is InChI=1S/C38H51FO5/c1-33(2)15-16-35(5)17-18-37(7)25(26(35)21-33)20-27(40)30-36(6)13-12-29(34(3,4)28(36)11-14-38(30,37)8)44-32(43)23-10-9-22(39)19-24(23)31(41)42/h9-10,19-20,26,28-30H,11-18,21H2,1-8H3,(H,41,42)/t26-,28?,29-,30?,35+,36-,37?,38+/m0/s1. The molecule has 3 unspecified atom stereocenters. The van der Waals surface area contributed by atoms with E-state index in [1.165, 1.54) is 30.9 Å². The summed E-state index contributed by atoms with van der Waals surface area (Å²) in [4.78, 5) is 39.7. The summed E-state index contributed by atoms with van der Waals surface area (Å²) in [5.74, 6) is -2.02. The molecule has 240 valence electrons. The van der Waals surface area contributed by atoms with Crippen LogP contribution in [0.25, 0.3) is 0 Å². The fourth-order valence-electron chi connectivity index (χ4n) is 11.6. The van der Waals surface area contributed by atoms with Crippen LogP contribution in [0.3, 0.4) is 0 Å². The number of esters is 1. The second-order valence-electron chi connectivity index (χ2n) is 17.6. The molecule has 44 heavy (non-hydrogen) atoms. The molecule has 0 radical (unpaired) electrons. The third-order valence-electron chi connectivity index (χ3n) is 14.4. The van der Waals surface area contributed by atoms with Gasteiger partial charge < -0.3 is 9.84 Å². The molecule has 6 rings (SSSR count). The van der Waals surface area contributed by atoms with Crippen molar-refractivity contribution in [2.45, 2.75) is 119 Å². The van der Waals surface area contributed by atoms with Gasteiger partial charge in [-0.3, -0.25) is 4.79 Å². The van der Waals surface area contributed by atoms with Crippen molar-refractivity contribution in [3.8, 4) is 0 Å². The topological polar surface area (TPSA) is 80.7 Å². The lowest BCUT2D eigenvalue weighted by Crippen LogP contribution is -2.66. The highest BCUT2D eigenvalue weighted by atomic mass is 19.1. The summed E-state index contributed by atoms with van der Waals surface area (Å²) in [7, 11) is 0. The van der Waals surface area contributed by atoms with E-state index in [-0.39, 0.29) is 44.5 Å². The van der Waals surface area contributed by atoms with Gasteiger partial charge in [0, 0.05) is 11.3 Å². The molecule has 6 heteroatoms. The molecule has 0 heterocycles. The van der Waals surface area contributed by atoms with Gasteiger partial charge in [0.1, 0.15) is 11.9 Å². The Morgan fingerprint density at radius 1 is 0.886 bits per heavy atom. The highest BCUT2D eigenvalue weighted by Crippen LogP contribution is 2.75. The van der Waals surface area contributed by atoms with Gasteiger partial charge in [-0.15, -0.1) is 0 Å². The zero-order valence-electron chi connectivity index (χ0n) is 27.9. The molecule has 4 saturated carbocycles. The molecule has 1 aromatic carbocycles. The van der Waals surface area contributed by atoms with Gasteiger partial charge in [0.25, 0.3) is 0 Å². The van der Waals surface area contributed by atoms with Crippen molar-refractivity contribution in [1.82, 2.24) is 0 Å². The molecule has 0 amide bonds. The number of carbonyl (C=O) groups excluding carboxylic acids is 2. The monoisotopic (exact) mass is 606 g/mol. The maximum Gasteiger partial charge on any atom is 0.339 e. The van der Waals surface area contributed by atoms with E-state index in [2.05, 4.69) is 61.5 Å². The molecule has 0 aliphatic heterocycles. The Kier molecular flexibility index (Phi) is 6.98. The van der Waals surface area contributed by atoms with E-state index in [0.29, 0.717) is 18.1 Å². The van der Waals surface area contributed by atoms with Crippen molar-refractivity contribution in [2.75, 3.05) is 0 Å². The van der Waals surface area contributed by atoms with E-state index >= 15 is 0 Å². The van der Waals surface area contributed by atoms with Crippen molar-refractivity contribution >= 4 is 17.7 Å². The summed E-state index contributed by atoms with van der Waals surface area (Å²) in [6, 6.07) is 3.15. The van der Waals surface area contributed by atoms with Crippen LogP contribution < -0.4 is 0 Å². The summed E-state index contributed by atoms with van der Waals surface area (Å²) in [6.45, 7) is 18.8. The minimum atomic E-state index is -1.37. The number of carbonyl (C=O) groups is 3. The Bertz CT molecular complexity index is 1460. The van der Waals surface area contributed by atoms with Crippen molar-refractivity contribution in [1.29, 1.82) is 0 Å². The molecular weight excluding hydrogens is 555 g/mol. The lowest BCUT2D eigenvalue weighted by atomic mass is 9.33. The van der Waals surface area contributed by atoms with E-state index in [9.17, 15) is 23.9 Å². The molecule has 5 nitrogen and oxygen atoms in total. The fourth-order valence-corrected chi connectivity index (χ4v) is 11.6. The molecule has 5 aliphatic rings. The zero-order valence-corrected chi connectivity index (χ0v) is 27.9. The molecule has 0 bridgehead atoms. The van der Waals surface area contributed by atoms with Gasteiger partial charge in [-0.05, 0) is 121 Å². The van der Waals surface area contributed by atoms with Gasteiger partial charge in [-0.25, -0.2) is 14.0 Å². The first-order chi connectivity index (χ1) is 20.3. The number of hydrogen-bond donors (Lipinski definition) is 1. The van der Waals surface area contributed by atoms with Crippen LogP contribution in [0.4, 0.5) is 4.39 Å². The van der Waals surface area contributed by atoms with Crippen LogP contribution in [0.1, 0.15) is 134 Å². The maximum atomic E-state index is 14.6. The number of carboxylic acid groups (broad SMARTS) is 1. The zero-order chi connectivity index (χ0) is 32.3. The summed E-state index contributed by atoms with van der Waals surface area (Å²) in [5, 5.41) is 9.59. The minimum absolute atomic E-state index is 0.0274. The van der Waals surface area contributed by atoms with E-state index in [1.54, 1.807) is 0 Å². The van der Waals surface area contributed by atoms with Crippen molar-refractivity contribution in [2.24, 2.45) is 50.2 Å². The van der Waals surface area contributed by atoms with Crippen molar-refractivity contribution < 1.29 is 28.6 Å². The smallest absolute Gasteiger partial charge is 0.339 e. The van der Waals surface area contributed by atoms with Gasteiger partial charge >= 0.3 is 11.9 Å². The maximum absolute atomic E-state index is 14.6. The number of allylic oxidation sites excluding steroid dienone is 2. The molecule has 4 fully saturated rings. The van der Waals surface area contributed by atoms with E-state index in [4.69, 9.17) is 4.74 Å². The molecule has 8 atom stereocenters. The Morgan fingerprint density at radius 3 is 2.25 bits per heavy atom. The van der Waals surface area contributed by atoms with Crippen LogP contribution in [0.15, 0.2) is 29.8 Å². The summed E-state index contributed by atoms with van der Waals surface area (Å²) in [5.41, 5.74) is 0.589. The van der Waals surface area contributed by atoms with Gasteiger partial charge in [0.15, 0.2) is 5.78 Å². The second-order valence-corrected chi connectivity index (χ2v) is 17.6.